The average Bonchev–Trinajstić information content (AvgIpc) is 3.43. The first-order valence-electron chi connectivity index (χ1n) is 9.87. The molecule has 8 nitrogen and oxygen atoms in total. The number of amides is 1. The minimum atomic E-state index is 0.0541. The monoisotopic (exact) mass is 440 g/mol. The van der Waals surface area contributed by atoms with Gasteiger partial charge in [-0.25, -0.2) is 4.98 Å². The summed E-state index contributed by atoms with van der Waals surface area (Å²) in [5.74, 6) is 3.93. The van der Waals surface area contributed by atoms with E-state index in [1.54, 1.807) is 20.3 Å². The lowest BCUT2D eigenvalue weighted by atomic mass is 9.99. The Hall–Kier alpha value is -3.20. The first-order valence-corrected chi connectivity index (χ1v) is 10.9. The minimum Gasteiger partial charge on any atom is -0.493 e. The lowest BCUT2D eigenvalue weighted by Crippen LogP contribution is -2.37. The number of hydrogen-bond donors (Lipinski definition) is 1. The van der Waals surface area contributed by atoms with Crippen LogP contribution in [0.4, 0.5) is 0 Å². The molecule has 1 N–H and O–H groups in total. The number of carbonyl (C=O) groups is 1. The summed E-state index contributed by atoms with van der Waals surface area (Å²) >= 11 is 1.32. The number of ether oxygens (including phenoxy) is 2. The molecule has 162 valence electrons. The van der Waals surface area contributed by atoms with Crippen LogP contribution in [0.2, 0.25) is 0 Å². The van der Waals surface area contributed by atoms with E-state index < -0.39 is 0 Å². The lowest BCUT2D eigenvalue weighted by molar-refractivity contribution is -0.129. The molecule has 2 aromatic heterocycles. The molecule has 0 fully saturated rings. The topological polar surface area (TPSA) is 93.5 Å². The quantitative estimate of drug-likeness (QED) is 0.561. The third kappa shape index (κ3) is 4.93. The normalized spacial score (nSPS) is 13.5. The number of nitrogens with zero attached hydrogens (tertiary/aromatic N) is 3. The average molecular weight is 441 g/mol. The minimum absolute atomic E-state index is 0.0541. The van der Waals surface area contributed by atoms with Gasteiger partial charge in [-0.2, -0.15) is 0 Å². The van der Waals surface area contributed by atoms with Crippen LogP contribution in [0.15, 0.2) is 33.8 Å². The van der Waals surface area contributed by atoms with Gasteiger partial charge < -0.3 is 18.8 Å². The highest BCUT2D eigenvalue weighted by Gasteiger charge is 2.23. The molecule has 31 heavy (non-hydrogen) atoms. The maximum atomic E-state index is 12.7. The number of fused-ring (bicyclic) bond motifs is 1. The summed E-state index contributed by atoms with van der Waals surface area (Å²) in [4.78, 5) is 19.0. The maximum absolute atomic E-state index is 12.7. The Balaban J connectivity index is 1.33. The summed E-state index contributed by atoms with van der Waals surface area (Å²) in [6.45, 7) is 3.12. The number of methoxy groups -OCH3 is 2. The number of aryl methyl sites for hydroxylation is 1. The molecule has 4 rings (SSSR count). The fourth-order valence-corrected chi connectivity index (χ4v) is 4.12. The smallest absolute Gasteiger partial charge is 0.233 e. The molecule has 9 heteroatoms. The summed E-state index contributed by atoms with van der Waals surface area (Å²) in [7, 11) is 3.24. The van der Waals surface area contributed by atoms with Crippen LogP contribution < -0.4 is 9.47 Å². The molecule has 0 spiro atoms. The van der Waals surface area contributed by atoms with Crippen LogP contribution in [0.1, 0.15) is 28.5 Å². The highest BCUT2D eigenvalue weighted by Crippen LogP contribution is 2.33. The zero-order valence-corrected chi connectivity index (χ0v) is 18.5. The van der Waals surface area contributed by atoms with Crippen LogP contribution in [0.5, 0.6) is 11.5 Å². The van der Waals surface area contributed by atoms with Crippen molar-refractivity contribution in [3.63, 3.8) is 0 Å². The van der Waals surface area contributed by atoms with Crippen LogP contribution in [-0.4, -0.2) is 52.5 Å². The van der Waals surface area contributed by atoms with E-state index in [0.717, 1.165) is 23.5 Å². The van der Waals surface area contributed by atoms with Crippen molar-refractivity contribution in [3.05, 3.63) is 52.7 Å². The summed E-state index contributed by atoms with van der Waals surface area (Å²) in [6, 6.07) is 7.74. The highest BCUT2D eigenvalue weighted by atomic mass is 32.2. The van der Waals surface area contributed by atoms with Crippen LogP contribution in [0.3, 0.4) is 0 Å². The SMILES string of the molecule is COc1cc2c(cc1OC)CN(C(=O)CSc1n[nH]c(C=Cc3ccc(C)o3)n1)CC2. The summed E-state index contributed by atoms with van der Waals surface area (Å²) in [5.41, 5.74) is 2.27. The summed E-state index contributed by atoms with van der Waals surface area (Å²) < 4.78 is 16.3. The van der Waals surface area contributed by atoms with E-state index >= 15 is 0 Å². The van der Waals surface area contributed by atoms with Crippen LogP contribution >= 0.6 is 11.8 Å². The number of H-pyrrole nitrogens is 1. The van der Waals surface area contributed by atoms with Crippen LogP contribution in [0.25, 0.3) is 12.2 Å². The Kier molecular flexibility index (Phi) is 6.31. The predicted octanol–water partition coefficient (Wildman–Crippen LogP) is 3.57. The molecule has 0 radical (unpaired) electrons. The lowest BCUT2D eigenvalue weighted by Gasteiger charge is -2.29. The standard InChI is InChI=1S/C22H24N4O4S/c1-14-4-5-17(30-14)6-7-20-23-22(25-24-20)31-13-21(27)26-9-8-15-10-18(28-2)19(29-3)11-16(15)12-26/h4-7,10-11H,8-9,12-13H2,1-3H3,(H,23,24,25). The van der Waals surface area contributed by atoms with E-state index in [2.05, 4.69) is 15.2 Å². The molecule has 0 unspecified atom stereocenters. The molecule has 0 aliphatic carbocycles. The number of aromatic nitrogens is 3. The molecular weight excluding hydrogens is 416 g/mol. The number of carbonyl (C=O) groups excluding carboxylic acids is 1. The second-order valence-electron chi connectivity index (χ2n) is 7.11. The van der Waals surface area contributed by atoms with Crippen molar-refractivity contribution in [3.8, 4) is 11.5 Å². The number of hydrogen-bond acceptors (Lipinski definition) is 7. The first-order chi connectivity index (χ1) is 15.1. The zero-order chi connectivity index (χ0) is 21.8. The van der Waals surface area contributed by atoms with Crippen molar-refractivity contribution >= 4 is 29.8 Å². The van der Waals surface area contributed by atoms with Gasteiger partial charge in [0.1, 0.15) is 17.3 Å². The van der Waals surface area contributed by atoms with Crippen LogP contribution in [-0.2, 0) is 17.8 Å². The molecular formula is C22H24N4O4S. The van der Waals surface area contributed by atoms with E-state index in [0.29, 0.717) is 35.6 Å². The molecule has 1 amide bonds. The maximum Gasteiger partial charge on any atom is 0.233 e. The van der Waals surface area contributed by atoms with E-state index in [9.17, 15) is 4.79 Å². The van der Waals surface area contributed by atoms with Gasteiger partial charge in [0.15, 0.2) is 11.5 Å². The Bertz CT molecular complexity index is 1100. The molecule has 3 aromatic rings. The molecule has 1 aromatic carbocycles. The number of aromatic amines is 1. The van der Waals surface area contributed by atoms with Gasteiger partial charge >= 0.3 is 0 Å². The number of nitrogens with one attached hydrogen (secondary N) is 1. The third-order valence-electron chi connectivity index (χ3n) is 5.04. The zero-order valence-electron chi connectivity index (χ0n) is 17.7. The summed E-state index contributed by atoms with van der Waals surface area (Å²) in [6.07, 6.45) is 4.40. The van der Waals surface area contributed by atoms with E-state index in [1.807, 2.05) is 42.2 Å². The van der Waals surface area contributed by atoms with E-state index in [-0.39, 0.29) is 11.7 Å². The molecule has 0 saturated heterocycles. The summed E-state index contributed by atoms with van der Waals surface area (Å²) in [5, 5.41) is 7.57. The predicted molar refractivity (Wildman–Crippen MR) is 118 cm³/mol. The number of thioether (sulfide) groups is 1. The van der Waals surface area contributed by atoms with Gasteiger partial charge in [0, 0.05) is 13.1 Å². The Morgan fingerprint density at radius 1 is 1.23 bits per heavy atom. The van der Waals surface area contributed by atoms with Gasteiger partial charge in [-0.15, -0.1) is 5.10 Å². The van der Waals surface area contributed by atoms with Gasteiger partial charge in [0.2, 0.25) is 11.1 Å². The molecule has 0 saturated carbocycles. The third-order valence-corrected chi connectivity index (χ3v) is 5.88. The van der Waals surface area contributed by atoms with Crippen molar-refractivity contribution < 1.29 is 18.7 Å². The van der Waals surface area contributed by atoms with Crippen LogP contribution in [0, 0.1) is 6.92 Å². The fourth-order valence-electron chi connectivity index (χ4n) is 3.41. The van der Waals surface area contributed by atoms with E-state index in [1.165, 1.54) is 17.3 Å². The Morgan fingerprint density at radius 2 is 2.00 bits per heavy atom. The fraction of sp³-hybridized carbons (Fsp3) is 0.318. The van der Waals surface area contributed by atoms with Crippen molar-refractivity contribution in [1.82, 2.24) is 20.1 Å². The molecule has 0 bridgehead atoms. The van der Waals surface area contributed by atoms with Crippen molar-refractivity contribution in [2.45, 2.75) is 25.0 Å². The number of rotatable bonds is 7. The Morgan fingerprint density at radius 3 is 2.71 bits per heavy atom. The van der Waals surface area contributed by atoms with Gasteiger partial charge in [-0.3, -0.25) is 9.89 Å². The second-order valence-corrected chi connectivity index (χ2v) is 8.06. The van der Waals surface area contributed by atoms with Gasteiger partial charge in [-0.05, 0) is 60.9 Å². The second kappa shape index (κ2) is 9.30. The van der Waals surface area contributed by atoms with Gasteiger partial charge in [-0.1, -0.05) is 11.8 Å². The number of furan rings is 1. The Labute approximate surface area is 184 Å². The largest absolute Gasteiger partial charge is 0.493 e. The molecule has 1 aliphatic heterocycles. The first kappa shape index (κ1) is 21.0. The van der Waals surface area contributed by atoms with Crippen molar-refractivity contribution in [1.29, 1.82) is 0 Å². The van der Waals surface area contributed by atoms with Crippen molar-refractivity contribution in [2.75, 3.05) is 26.5 Å². The van der Waals surface area contributed by atoms with Crippen molar-refractivity contribution in [2.24, 2.45) is 0 Å². The molecule has 1 aliphatic rings. The molecule has 0 atom stereocenters. The number of benzene rings is 1. The van der Waals surface area contributed by atoms with Gasteiger partial charge in [0.25, 0.3) is 0 Å². The highest BCUT2D eigenvalue weighted by molar-refractivity contribution is 7.99. The van der Waals surface area contributed by atoms with E-state index in [4.69, 9.17) is 13.9 Å². The van der Waals surface area contributed by atoms with Gasteiger partial charge in [0.05, 0.1) is 20.0 Å². The molecule has 3 heterocycles.